The van der Waals surface area contributed by atoms with Gasteiger partial charge < -0.3 is 15.3 Å². The van der Waals surface area contributed by atoms with Crippen molar-refractivity contribution in [2.45, 2.75) is 19.4 Å². The van der Waals surface area contributed by atoms with Crippen LogP contribution in [0.25, 0.3) is 0 Å². The lowest BCUT2D eigenvalue weighted by Crippen LogP contribution is -2.44. The van der Waals surface area contributed by atoms with E-state index in [1.807, 2.05) is 0 Å². The minimum absolute atomic E-state index is 0.266. The zero-order valence-electron chi connectivity index (χ0n) is 8.39. The molecule has 0 spiro atoms. The second kappa shape index (κ2) is 3.51. The second-order valence-corrected chi connectivity index (χ2v) is 3.69. The smallest absolute Gasteiger partial charge is 0.334 e. The van der Waals surface area contributed by atoms with Crippen molar-refractivity contribution in [2.75, 3.05) is 0 Å². The maximum atomic E-state index is 10.9. The lowest BCUT2D eigenvalue weighted by molar-refractivity contribution is -0.147. The van der Waals surface area contributed by atoms with E-state index in [2.05, 4.69) is 0 Å². The molecule has 1 aliphatic rings. The average molecular weight is 212 g/mol. The Bertz CT molecular complexity index is 375. The van der Waals surface area contributed by atoms with Crippen LogP contribution >= 0.6 is 0 Å². The molecule has 0 radical (unpaired) electrons. The van der Waals surface area contributed by atoms with Crippen LogP contribution in [0.4, 0.5) is 0 Å². The molecule has 1 aliphatic carbocycles. The molecule has 2 atom stereocenters. The summed E-state index contributed by atoms with van der Waals surface area (Å²) in [6, 6.07) is 0. The van der Waals surface area contributed by atoms with E-state index in [1.165, 1.54) is 26.0 Å². The third kappa shape index (κ3) is 1.78. The van der Waals surface area contributed by atoms with Gasteiger partial charge in [-0.05, 0) is 19.4 Å². The van der Waals surface area contributed by atoms with Crippen molar-refractivity contribution < 1.29 is 24.9 Å². The summed E-state index contributed by atoms with van der Waals surface area (Å²) in [5.74, 6) is -3.78. The highest BCUT2D eigenvalue weighted by atomic mass is 16.4. The van der Waals surface area contributed by atoms with Crippen LogP contribution in [0.1, 0.15) is 13.8 Å². The maximum absolute atomic E-state index is 10.9. The number of carboxylic acid groups (broad SMARTS) is 2. The summed E-state index contributed by atoms with van der Waals surface area (Å²) in [6.07, 6.45) is 2.70. The van der Waals surface area contributed by atoms with E-state index in [0.29, 0.717) is 5.57 Å². The van der Waals surface area contributed by atoms with E-state index in [-0.39, 0.29) is 5.57 Å². The number of carboxylic acids is 2. The van der Waals surface area contributed by atoms with Crippen LogP contribution in [-0.2, 0) is 9.59 Å². The van der Waals surface area contributed by atoms with Crippen LogP contribution in [0.3, 0.4) is 0 Å². The molecule has 0 aliphatic heterocycles. The molecule has 0 saturated heterocycles. The predicted molar refractivity (Wildman–Crippen MR) is 51.2 cm³/mol. The molecule has 1 rings (SSSR count). The normalized spacial score (nSPS) is 30.5. The van der Waals surface area contributed by atoms with Crippen molar-refractivity contribution in [1.29, 1.82) is 0 Å². The summed E-state index contributed by atoms with van der Waals surface area (Å²) in [7, 11) is 0. The largest absolute Gasteiger partial charge is 0.481 e. The number of rotatable bonds is 2. The standard InChI is InChI=1S/C10H12O5/c1-5-3-4-6(8(11)12)10(2,15)7(5)9(13)14/h3-4,6,15H,1-2H3,(H,11,12)(H,13,14). The molecule has 2 unspecified atom stereocenters. The van der Waals surface area contributed by atoms with Crippen LogP contribution in [0, 0.1) is 5.92 Å². The predicted octanol–water partition coefficient (Wildman–Crippen LogP) is 0.409. The summed E-state index contributed by atoms with van der Waals surface area (Å²) < 4.78 is 0. The molecular formula is C10H12O5. The third-order valence-electron chi connectivity index (χ3n) is 2.52. The van der Waals surface area contributed by atoms with Gasteiger partial charge in [-0.3, -0.25) is 4.79 Å². The first-order valence-electron chi connectivity index (χ1n) is 4.36. The van der Waals surface area contributed by atoms with E-state index in [0.717, 1.165) is 0 Å². The van der Waals surface area contributed by atoms with E-state index < -0.39 is 23.5 Å². The van der Waals surface area contributed by atoms with Gasteiger partial charge >= 0.3 is 11.9 Å². The molecule has 0 aromatic rings. The Morgan fingerprint density at radius 3 is 2.33 bits per heavy atom. The lowest BCUT2D eigenvalue weighted by atomic mass is 9.76. The molecule has 3 N–H and O–H groups in total. The first-order valence-corrected chi connectivity index (χ1v) is 4.36. The highest BCUT2D eigenvalue weighted by Gasteiger charge is 2.44. The number of hydrogen-bond acceptors (Lipinski definition) is 3. The molecular weight excluding hydrogens is 200 g/mol. The number of hydrogen-bond donors (Lipinski definition) is 3. The van der Waals surface area contributed by atoms with Crippen molar-refractivity contribution >= 4 is 11.9 Å². The lowest BCUT2D eigenvalue weighted by Gasteiger charge is -2.32. The van der Waals surface area contributed by atoms with E-state index in [9.17, 15) is 14.7 Å². The summed E-state index contributed by atoms with van der Waals surface area (Å²) in [5, 5.41) is 27.7. The molecule has 0 fully saturated rings. The Morgan fingerprint density at radius 2 is 1.93 bits per heavy atom. The monoisotopic (exact) mass is 212 g/mol. The topological polar surface area (TPSA) is 94.8 Å². The highest BCUT2D eigenvalue weighted by molar-refractivity contribution is 5.93. The number of aliphatic hydroxyl groups is 1. The number of allylic oxidation sites excluding steroid dienone is 2. The summed E-state index contributed by atoms with van der Waals surface area (Å²) in [4.78, 5) is 21.7. The summed E-state index contributed by atoms with van der Waals surface area (Å²) in [6.45, 7) is 2.72. The minimum Gasteiger partial charge on any atom is -0.481 e. The van der Waals surface area contributed by atoms with Gasteiger partial charge in [0.05, 0.1) is 5.57 Å². The van der Waals surface area contributed by atoms with Gasteiger partial charge in [0, 0.05) is 0 Å². The maximum Gasteiger partial charge on any atom is 0.334 e. The molecule has 0 bridgehead atoms. The average Bonchev–Trinajstić information content (AvgIpc) is 1.99. The second-order valence-electron chi connectivity index (χ2n) is 3.69. The van der Waals surface area contributed by atoms with E-state index in [4.69, 9.17) is 10.2 Å². The minimum atomic E-state index is -1.88. The quantitative estimate of drug-likeness (QED) is 0.616. The van der Waals surface area contributed by atoms with Crippen LogP contribution < -0.4 is 0 Å². The molecule has 82 valence electrons. The van der Waals surface area contributed by atoms with Crippen LogP contribution in [-0.4, -0.2) is 32.9 Å². The van der Waals surface area contributed by atoms with Gasteiger partial charge in [0.1, 0.15) is 11.5 Å². The summed E-state index contributed by atoms with van der Waals surface area (Å²) >= 11 is 0. The van der Waals surface area contributed by atoms with Gasteiger partial charge in [-0.2, -0.15) is 0 Å². The van der Waals surface area contributed by atoms with Crippen LogP contribution in [0.15, 0.2) is 23.3 Å². The Kier molecular flexibility index (Phi) is 2.68. The Morgan fingerprint density at radius 1 is 1.40 bits per heavy atom. The first kappa shape index (κ1) is 11.5. The molecule has 5 nitrogen and oxygen atoms in total. The number of aliphatic carboxylic acids is 2. The van der Waals surface area contributed by atoms with E-state index >= 15 is 0 Å². The van der Waals surface area contributed by atoms with Crippen molar-refractivity contribution in [2.24, 2.45) is 5.92 Å². The zero-order valence-corrected chi connectivity index (χ0v) is 8.39. The van der Waals surface area contributed by atoms with Crippen LogP contribution in [0.5, 0.6) is 0 Å². The van der Waals surface area contributed by atoms with Crippen molar-refractivity contribution in [3.05, 3.63) is 23.3 Å². The molecule has 0 heterocycles. The number of carbonyl (C=O) groups is 2. The fourth-order valence-corrected chi connectivity index (χ4v) is 1.77. The molecule has 0 aromatic carbocycles. The molecule has 0 aromatic heterocycles. The van der Waals surface area contributed by atoms with Gasteiger partial charge in [-0.25, -0.2) is 4.79 Å². The van der Waals surface area contributed by atoms with Crippen molar-refractivity contribution in [3.8, 4) is 0 Å². The molecule has 0 saturated carbocycles. The highest BCUT2D eigenvalue weighted by Crippen LogP contribution is 2.34. The molecule has 0 amide bonds. The van der Waals surface area contributed by atoms with Gasteiger partial charge in [-0.1, -0.05) is 12.2 Å². The zero-order chi connectivity index (χ0) is 11.8. The van der Waals surface area contributed by atoms with Gasteiger partial charge in [0.15, 0.2) is 0 Å². The first-order chi connectivity index (χ1) is 6.78. The molecule has 15 heavy (non-hydrogen) atoms. The fraction of sp³-hybridized carbons (Fsp3) is 0.400. The Hall–Kier alpha value is -1.62. The van der Waals surface area contributed by atoms with Gasteiger partial charge in [0.25, 0.3) is 0 Å². The van der Waals surface area contributed by atoms with Crippen molar-refractivity contribution in [3.63, 3.8) is 0 Å². The van der Waals surface area contributed by atoms with Crippen LogP contribution in [0.2, 0.25) is 0 Å². The Balaban J connectivity index is 3.29. The fourth-order valence-electron chi connectivity index (χ4n) is 1.77. The SMILES string of the molecule is CC1=C(C(=O)O)C(C)(O)C(C(=O)O)C=C1. The van der Waals surface area contributed by atoms with E-state index in [1.54, 1.807) is 0 Å². The van der Waals surface area contributed by atoms with Gasteiger partial charge in [0.2, 0.25) is 0 Å². The Labute approximate surface area is 86.3 Å². The molecule has 5 heteroatoms. The summed E-state index contributed by atoms with van der Waals surface area (Å²) in [5.41, 5.74) is -1.78. The third-order valence-corrected chi connectivity index (χ3v) is 2.52. The van der Waals surface area contributed by atoms with Gasteiger partial charge in [-0.15, -0.1) is 0 Å². The van der Waals surface area contributed by atoms with Crippen molar-refractivity contribution in [1.82, 2.24) is 0 Å².